The Morgan fingerprint density at radius 1 is 0.950 bits per heavy atom. The third kappa shape index (κ3) is 1.64. The molecule has 0 unspecified atom stereocenters. The van der Waals surface area contributed by atoms with E-state index in [0.717, 1.165) is 22.3 Å². The fourth-order valence-electron chi connectivity index (χ4n) is 2.30. The van der Waals surface area contributed by atoms with Gasteiger partial charge >= 0.3 is 0 Å². The number of nitrogens with zero attached hydrogens (tertiary/aromatic N) is 3. The summed E-state index contributed by atoms with van der Waals surface area (Å²) in [6.07, 6.45) is 0. The number of para-hydroxylation sites is 2. The van der Waals surface area contributed by atoms with Crippen LogP contribution in [0.15, 0.2) is 54.6 Å². The third-order valence-electron chi connectivity index (χ3n) is 3.24. The van der Waals surface area contributed by atoms with Crippen molar-refractivity contribution in [2.45, 2.75) is 0 Å². The topological polar surface area (TPSA) is 46.0 Å². The smallest absolute Gasteiger partial charge is 0.230 e. The molecule has 2 heterocycles. The summed E-state index contributed by atoms with van der Waals surface area (Å²) in [6, 6.07) is 17.8. The van der Waals surface area contributed by atoms with Crippen molar-refractivity contribution >= 4 is 29.0 Å². The number of rotatable bonds is 1. The summed E-state index contributed by atoms with van der Waals surface area (Å²) in [5.74, 6) is 0.663. The fourth-order valence-corrected chi connectivity index (χ4v) is 2.54. The Morgan fingerprint density at radius 2 is 1.70 bits per heavy atom. The second-order valence-corrected chi connectivity index (χ2v) is 4.90. The molecule has 0 fully saturated rings. The van der Waals surface area contributed by atoms with Gasteiger partial charge < -0.3 is 4.98 Å². The van der Waals surface area contributed by atoms with Gasteiger partial charge in [0.15, 0.2) is 4.64 Å². The maximum Gasteiger partial charge on any atom is 0.230 e. The van der Waals surface area contributed by atoms with E-state index < -0.39 is 0 Å². The van der Waals surface area contributed by atoms with Crippen LogP contribution in [-0.4, -0.2) is 19.6 Å². The first-order valence-electron chi connectivity index (χ1n) is 6.26. The van der Waals surface area contributed by atoms with Gasteiger partial charge in [-0.15, -0.1) is 0 Å². The molecule has 0 saturated heterocycles. The number of hydrogen-bond donors (Lipinski definition) is 1. The van der Waals surface area contributed by atoms with Crippen LogP contribution in [0.2, 0.25) is 0 Å². The molecule has 4 aromatic rings. The van der Waals surface area contributed by atoms with Crippen molar-refractivity contribution in [2.24, 2.45) is 0 Å². The first kappa shape index (κ1) is 11.3. The van der Waals surface area contributed by atoms with Gasteiger partial charge in [0.1, 0.15) is 5.69 Å². The van der Waals surface area contributed by atoms with Crippen molar-refractivity contribution in [3.8, 4) is 11.3 Å². The Labute approximate surface area is 119 Å². The van der Waals surface area contributed by atoms with Gasteiger partial charge in [0, 0.05) is 5.56 Å². The Balaban J connectivity index is 2.11. The largest absolute Gasteiger partial charge is 0.322 e. The Morgan fingerprint density at radius 3 is 2.55 bits per heavy atom. The minimum Gasteiger partial charge on any atom is -0.322 e. The molecule has 0 amide bonds. The molecular weight excluding hydrogens is 268 g/mol. The summed E-state index contributed by atoms with van der Waals surface area (Å²) in [4.78, 5) is 7.67. The highest BCUT2D eigenvalue weighted by Crippen LogP contribution is 2.20. The molecule has 0 aliphatic rings. The predicted molar refractivity (Wildman–Crippen MR) is 81.1 cm³/mol. The van der Waals surface area contributed by atoms with Crippen LogP contribution in [0.4, 0.5) is 0 Å². The first-order valence-corrected chi connectivity index (χ1v) is 6.67. The molecule has 96 valence electrons. The van der Waals surface area contributed by atoms with Gasteiger partial charge in [0.2, 0.25) is 5.78 Å². The zero-order chi connectivity index (χ0) is 13.5. The number of aromatic nitrogens is 4. The highest BCUT2D eigenvalue weighted by Gasteiger charge is 2.09. The zero-order valence-corrected chi connectivity index (χ0v) is 11.3. The van der Waals surface area contributed by atoms with E-state index in [-0.39, 0.29) is 0 Å². The maximum absolute atomic E-state index is 5.36. The summed E-state index contributed by atoms with van der Waals surface area (Å²) < 4.78 is 2.30. The van der Waals surface area contributed by atoms with Crippen LogP contribution >= 0.6 is 12.2 Å². The van der Waals surface area contributed by atoms with Crippen LogP contribution in [-0.2, 0) is 0 Å². The van der Waals surface area contributed by atoms with Gasteiger partial charge in [0.05, 0.1) is 11.0 Å². The van der Waals surface area contributed by atoms with E-state index in [1.165, 1.54) is 0 Å². The van der Waals surface area contributed by atoms with Crippen molar-refractivity contribution in [1.29, 1.82) is 0 Å². The summed E-state index contributed by atoms with van der Waals surface area (Å²) in [6.45, 7) is 0. The molecule has 4 rings (SSSR count). The predicted octanol–water partition coefficient (Wildman–Crippen LogP) is 3.61. The van der Waals surface area contributed by atoms with Gasteiger partial charge in [-0.05, 0) is 12.1 Å². The van der Waals surface area contributed by atoms with E-state index in [4.69, 9.17) is 12.2 Å². The summed E-state index contributed by atoms with van der Waals surface area (Å²) >= 11 is 5.36. The van der Waals surface area contributed by atoms with Crippen molar-refractivity contribution in [3.63, 3.8) is 0 Å². The van der Waals surface area contributed by atoms with Crippen molar-refractivity contribution in [3.05, 3.63) is 59.2 Å². The van der Waals surface area contributed by atoms with Gasteiger partial charge in [-0.2, -0.15) is 14.6 Å². The van der Waals surface area contributed by atoms with Gasteiger partial charge in [-0.3, -0.25) is 0 Å². The second-order valence-electron chi connectivity index (χ2n) is 4.51. The highest BCUT2D eigenvalue weighted by molar-refractivity contribution is 7.71. The average Bonchev–Trinajstić information content (AvgIpc) is 2.84. The van der Waals surface area contributed by atoms with Crippen LogP contribution in [0, 0.1) is 4.64 Å². The van der Waals surface area contributed by atoms with E-state index in [2.05, 4.69) is 15.1 Å². The molecule has 0 saturated carbocycles. The molecule has 0 aliphatic carbocycles. The van der Waals surface area contributed by atoms with Gasteiger partial charge in [0.25, 0.3) is 0 Å². The van der Waals surface area contributed by atoms with Crippen LogP contribution in [0.3, 0.4) is 0 Å². The first-order chi connectivity index (χ1) is 9.83. The molecule has 0 radical (unpaired) electrons. The lowest BCUT2D eigenvalue weighted by atomic mass is 10.2. The van der Waals surface area contributed by atoms with Crippen molar-refractivity contribution in [2.75, 3.05) is 0 Å². The van der Waals surface area contributed by atoms with Crippen molar-refractivity contribution in [1.82, 2.24) is 19.6 Å². The molecule has 0 spiro atoms. The van der Waals surface area contributed by atoms with E-state index in [1.54, 1.807) is 4.52 Å². The number of imidazole rings is 1. The molecular formula is C15H10N4S. The quantitative estimate of drug-likeness (QED) is 0.541. The highest BCUT2D eigenvalue weighted by atomic mass is 32.1. The van der Waals surface area contributed by atoms with Crippen LogP contribution in [0.25, 0.3) is 28.1 Å². The molecule has 20 heavy (non-hydrogen) atoms. The zero-order valence-electron chi connectivity index (χ0n) is 10.4. The second kappa shape index (κ2) is 4.25. The number of benzene rings is 2. The fraction of sp³-hybridized carbons (Fsp3) is 0. The molecule has 5 heteroatoms. The lowest BCUT2D eigenvalue weighted by Gasteiger charge is -2.01. The van der Waals surface area contributed by atoms with Gasteiger partial charge in [-0.25, -0.2) is 0 Å². The average molecular weight is 278 g/mol. The lowest BCUT2D eigenvalue weighted by molar-refractivity contribution is 0.929. The molecule has 4 nitrogen and oxygen atoms in total. The molecule has 1 N–H and O–H groups in total. The monoisotopic (exact) mass is 278 g/mol. The maximum atomic E-state index is 5.36. The van der Waals surface area contributed by atoms with E-state index in [1.807, 2.05) is 54.6 Å². The van der Waals surface area contributed by atoms with E-state index >= 15 is 0 Å². The van der Waals surface area contributed by atoms with Gasteiger partial charge in [-0.1, -0.05) is 54.7 Å². The summed E-state index contributed by atoms with van der Waals surface area (Å²) in [5, 5.41) is 4.65. The number of nitrogens with one attached hydrogen (secondary N) is 1. The van der Waals surface area contributed by atoms with Crippen LogP contribution < -0.4 is 0 Å². The lowest BCUT2D eigenvalue weighted by Crippen LogP contribution is -1.98. The molecule has 0 atom stereocenters. The molecule has 2 aromatic carbocycles. The number of aromatic amines is 1. The Hall–Kier alpha value is -2.53. The third-order valence-corrected chi connectivity index (χ3v) is 3.52. The molecule has 2 aromatic heterocycles. The van der Waals surface area contributed by atoms with Crippen LogP contribution in [0.5, 0.6) is 0 Å². The SMILES string of the molecule is S=c1nc2[nH]c3ccccc3n2nc1-c1ccccc1. The number of H-pyrrole nitrogens is 1. The Kier molecular flexibility index (Phi) is 2.40. The number of hydrogen-bond acceptors (Lipinski definition) is 3. The van der Waals surface area contributed by atoms with E-state index in [9.17, 15) is 0 Å². The summed E-state index contributed by atoms with van der Waals surface area (Å²) in [7, 11) is 0. The Bertz CT molecular complexity index is 969. The standard InChI is InChI=1S/C15H10N4S/c20-14-13(10-6-2-1-3-7-10)18-19-12-9-5-4-8-11(12)16-15(19)17-14/h1-9H,(H,16,17,20). The van der Waals surface area contributed by atoms with Crippen molar-refractivity contribution < 1.29 is 0 Å². The molecule has 0 aliphatic heterocycles. The minimum absolute atomic E-state index is 0.503. The van der Waals surface area contributed by atoms with Crippen LogP contribution in [0.1, 0.15) is 0 Å². The normalized spacial score (nSPS) is 11.2. The minimum atomic E-state index is 0.503. The van der Waals surface area contributed by atoms with E-state index in [0.29, 0.717) is 10.4 Å². The molecule has 0 bridgehead atoms. The number of fused-ring (bicyclic) bond motifs is 3. The summed E-state index contributed by atoms with van der Waals surface area (Å²) in [5.41, 5.74) is 3.68.